The van der Waals surface area contributed by atoms with Crippen molar-refractivity contribution in [1.29, 1.82) is 0 Å². The monoisotopic (exact) mass is 446 g/mol. The Morgan fingerprint density at radius 3 is 2.45 bits per heavy atom. The number of nitrogens with zero attached hydrogens (tertiary/aromatic N) is 3. The van der Waals surface area contributed by atoms with Crippen LogP contribution in [-0.4, -0.2) is 46.7 Å². The van der Waals surface area contributed by atoms with Gasteiger partial charge in [-0.2, -0.15) is 0 Å². The van der Waals surface area contributed by atoms with E-state index in [1.54, 1.807) is 24.4 Å². The third kappa shape index (κ3) is 4.24. The number of anilines is 1. The van der Waals surface area contributed by atoms with Crippen LogP contribution in [0.15, 0.2) is 36.5 Å². The molecule has 5 rings (SSSR count). The molecule has 7 nitrogen and oxygen atoms in total. The zero-order chi connectivity index (χ0) is 22.8. The molecule has 1 saturated heterocycles. The zero-order valence-electron chi connectivity index (χ0n) is 18.9. The summed E-state index contributed by atoms with van der Waals surface area (Å²) in [6.07, 6.45) is 10.3. The number of amides is 3. The quantitative estimate of drug-likeness (QED) is 0.704. The Morgan fingerprint density at radius 2 is 1.67 bits per heavy atom. The lowest BCUT2D eigenvalue weighted by Crippen LogP contribution is -2.40. The number of hydrogen-bond donors (Lipinski definition) is 1. The first-order valence-electron chi connectivity index (χ1n) is 12.1. The summed E-state index contributed by atoms with van der Waals surface area (Å²) in [6, 6.07) is 8.68. The Hall–Kier alpha value is -3.22. The normalized spacial score (nSPS) is 19.0. The molecular weight excluding hydrogens is 416 g/mol. The molecule has 172 valence electrons. The maximum atomic E-state index is 13.0. The summed E-state index contributed by atoms with van der Waals surface area (Å²) in [5, 5.41) is 2.97. The van der Waals surface area contributed by atoms with Gasteiger partial charge in [0.15, 0.2) is 0 Å². The number of hydrogen-bond acceptors (Lipinski definition) is 5. The van der Waals surface area contributed by atoms with Crippen molar-refractivity contribution in [3.8, 4) is 0 Å². The van der Waals surface area contributed by atoms with Crippen molar-refractivity contribution in [2.24, 2.45) is 0 Å². The first-order chi connectivity index (χ1) is 16.1. The molecular formula is C26H30N4O3. The van der Waals surface area contributed by atoms with Crippen LogP contribution in [0.4, 0.5) is 5.82 Å². The molecule has 1 aromatic heterocycles. The van der Waals surface area contributed by atoms with Crippen LogP contribution in [-0.2, 0) is 6.54 Å². The second-order valence-corrected chi connectivity index (χ2v) is 9.25. The highest BCUT2D eigenvalue weighted by Gasteiger charge is 2.40. The third-order valence-electron chi connectivity index (χ3n) is 7.08. The Morgan fingerprint density at radius 1 is 0.939 bits per heavy atom. The zero-order valence-corrected chi connectivity index (χ0v) is 18.9. The highest BCUT2D eigenvalue weighted by atomic mass is 16.2. The summed E-state index contributed by atoms with van der Waals surface area (Å²) >= 11 is 0. The van der Waals surface area contributed by atoms with Crippen molar-refractivity contribution in [2.45, 2.75) is 64.0 Å². The van der Waals surface area contributed by atoms with Gasteiger partial charge in [-0.15, -0.1) is 0 Å². The van der Waals surface area contributed by atoms with E-state index in [1.807, 2.05) is 12.1 Å². The van der Waals surface area contributed by atoms with Gasteiger partial charge in [0, 0.05) is 43.0 Å². The Balaban J connectivity index is 1.29. The highest BCUT2D eigenvalue weighted by Crippen LogP contribution is 2.31. The van der Waals surface area contributed by atoms with E-state index in [0.717, 1.165) is 69.4 Å². The second-order valence-electron chi connectivity index (χ2n) is 9.25. The van der Waals surface area contributed by atoms with Gasteiger partial charge >= 0.3 is 0 Å². The summed E-state index contributed by atoms with van der Waals surface area (Å²) in [5.41, 5.74) is 2.11. The van der Waals surface area contributed by atoms with Crippen LogP contribution in [0.2, 0.25) is 0 Å². The predicted molar refractivity (Wildman–Crippen MR) is 125 cm³/mol. The fourth-order valence-electron chi connectivity index (χ4n) is 5.31. The van der Waals surface area contributed by atoms with Crippen LogP contribution in [0.5, 0.6) is 0 Å². The minimum Gasteiger partial charge on any atom is -0.356 e. The van der Waals surface area contributed by atoms with Gasteiger partial charge in [0.1, 0.15) is 5.82 Å². The van der Waals surface area contributed by atoms with Gasteiger partial charge in [0.05, 0.1) is 11.1 Å². The third-order valence-corrected chi connectivity index (χ3v) is 7.08. The predicted octanol–water partition coefficient (Wildman–Crippen LogP) is 3.93. The molecule has 7 heteroatoms. The molecule has 0 spiro atoms. The fourth-order valence-corrected chi connectivity index (χ4v) is 5.31. The number of nitrogens with one attached hydrogen (secondary N) is 1. The van der Waals surface area contributed by atoms with Crippen molar-refractivity contribution in [3.63, 3.8) is 0 Å². The maximum absolute atomic E-state index is 13.0. The van der Waals surface area contributed by atoms with Crippen LogP contribution in [0.1, 0.15) is 88.0 Å². The Bertz CT molecular complexity index is 1070. The molecule has 1 aromatic carbocycles. The van der Waals surface area contributed by atoms with Crippen molar-refractivity contribution in [3.05, 3.63) is 58.8 Å². The molecule has 2 fully saturated rings. The molecule has 3 aliphatic rings. The van der Waals surface area contributed by atoms with Gasteiger partial charge in [-0.25, -0.2) is 4.98 Å². The van der Waals surface area contributed by atoms with Gasteiger partial charge in [-0.05, 0) is 56.4 Å². The SMILES string of the molecule is O=C(NCc1cccnc1N1CCCCC1)c1ccc2c(c1)C(=O)N(C1CCCCC1)C2=O. The minimum absolute atomic E-state index is 0.0257. The molecule has 2 aliphatic heterocycles. The number of piperidine rings is 1. The van der Waals surface area contributed by atoms with Crippen LogP contribution in [0.3, 0.4) is 0 Å². The summed E-state index contributed by atoms with van der Waals surface area (Å²) in [7, 11) is 0. The molecule has 0 bridgehead atoms. The van der Waals surface area contributed by atoms with Crippen molar-refractivity contribution in [2.75, 3.05) is 18.0 Å². The molecule has 1 N–H and O–H groups in total. The molecule has 1 aliphatic carbocycles. The summed E-state index contributed by atoms with van der Waals surface area (Å²) in [5.74, 6) is 0.171. The molecule has 33 heavy (non-hydrogen) atoms. The van der Waals surface area contributed by atoms with Crippen molar-refractivity contribution in [1.82, 2.24) is 15.2 Å². The molecule has 3 heterocycles. The molecule has 3 amide bonds. The van der Waals surface area contributed by atoms with Crippen LogP contribution < -0.4 is 10.2 Å². The van der Waals surface area contributed by atoms with Gasteiger partial charge in [0.25, 0.3) is 17.7 Å². The molecule has 0 atom stereocenters. The number of rotatable bonds is 5. The molecule has 1 saturated carbocycles. The average Bonchev–Trinajstić information content (AvgIpc) is 3.13. The van der Waals surface area contributed by atoms with Crippen molar-refractivity contribution < 1.29 is 14.4 Å². The number of benzene rings is 1. The number of aromatic nitrogens is 1. The average molecular weight is 447 g/mol. The molecule has 2 aromatic rings. The number of imide groups is 1. The number of pyridine rings is 1. The van der Waals surface area contributed by atoms with Crippen LogP contribution in [0.25, 0.3) is 0 Å². The molecule has 0 unspecified atom stereocenters. The lowest BCUT2D eigenvalue weighted by atomic mass is 9.94. The smallest absolute Gasteiger partial charge is 0.261 e. The van der Waals surface area contributed by atoms with E-state index in [-0.39, 0.29) is 23.8 Å². The van der Waals surface area contributed by atoms with E-state index in [1.165, 1.54) is 11.3 Å². The highest BCUT2D eigenvalue weighted by molar-refractivity contribution is 6.22. The van der Waals surface area contributed by atoms with E-state index in [0.29, 0.717) is 23.2 Å². The summed E-state index contributed by atoms with van der Waals surface area (Å²) in [6.45, 7) is 2.32. The van der Waals surface area contributed by atoms with Crippen LogP contribution >= 0.6 is 0 Å². The van der Waals surface area contributed by atoms with Crippen molar-refractivity contribution >= 4 is 23.5 Å². The van der Waals surface area contributed by atoms with E-state index in [9.17, 15) is 14.4 Å². The van der Waals surface area contributed by atoms with Gasteiger partial charge < -0.3 is 10.2 Å². The van der Waals surface area contributed by atoms with E-state index in [2.05, 4.69) is 15.2 Å². The lowest BCUT2D eigenvalue weighted by molar-refractivity contribution is 0.0548. The number of carbonyl (C=O) groups is 3. The van der Waals surface area contributed by atoms with Gasteiger partial charge in [-0.3, -0.25) is 19.3 Å². The Kier molecular flexibility index (Phi) is 6.11. The largest absolute Gasteiger partial charge is 0.356 e. The van der Waals surface area contributed by atoms with E-state index in [4.69, 9.17) is 0 Å². The summed E-state index contributed by atoms with van der Waals surface area (Å²) in [4.78, 5) is 47.1. The number of fused-ring (bicyclic) bond motifs is 1. The van der Waals surface area contributed by atoms with Gasteiger partial charge in [0.2, 0.25) is 0 Å². The maximum Gasteiger partial charge on any atom is 0.261 e. The summed E-state index contributed by atoms with van der Waals surface area (Å²) < 4.78 is 0. The minimum atomic E-state index is -0.267. The second kappa shape index (κ2) is 9.33. The first kappa shape index (κ1) is 21.6. The molecule has 0 radical (unpaired) electrons. The van der Waals surface area contributed by atoms with Crippen LogP contribution in [0, 0.1) is 0 Å². The van der Waals surface area contributed by atoms with E-state index >= 15 is 0 Å². The topological polar surface area (TPSA) is 82.6 Å². The Labute approximate surface area is 194 Å². The van der Waals surface area contributed by atoms with Gasteiger partial charge in [-0.1, -0.05) is 25.3 Å². The standard InChI is InChI=1S/C26H30N4O3/c31-24(28-17-19-8-7-13-27-23(19)29-14-5-2-6-15-29)18-11-12-21-22(16-18)26(33)30(25(21)32)20-9-3-1-4-10-20/h7-8,11-13,16,20H,1-6,9-10,14-15,17H2,(H,28,31). The number of carbonyl (C=O) groups excluding carboxylic acids is 3. The first-order valence-corrected chi connectivity index (χ1v) is 12.1. The van der Waals surface area contributed by atoms with E-state index < -0.39 is 0 Å². The fraction of sp³-hybridized carbons (Fsp3) is 0.462. The lowest BCUT2D eigenvalue weighted by Gasteiger charge is -2.29.